The Balaban J connectivity index is 4.44. The van der Waals surface area contributed by atoms with Crippen molar-refractivity contribution >= 4 is 14.5 Å². The molecule has 0 aromatic rings. The van der Waals surface area contributed by atoms with Gasteiger partial charge in [0, 0.05) is 14.2 Å². The van der Waals surface area contributed by atoms with Crippen molar-refractivity contribution in [1.82, 2.24) is 0 Å². The van der Waals surface area contributed by atoms with Crippen LogP contribution in [-0.4, -0.2) is 35.0 Å². The van der Waals surface area contributed by atoms with E-state index in [0.717, 1.165) is 0 Å². The predicted octanol–water partition coefficient (Wildman–Crippen LogP) is 1.62. The van der Waals surface area contributed by atoms with E-state index in [-0.39, 0.29) is 6.23 Å². The lowest BCUT2D eigenvalue weighted by atomic mass is 9.82. The van der Waals surface area contributed by atoms with Crippen LogP contribution in [0, 0.1) is 22.7 Å². The maximum Gasteiger partial charge on any atom is 0.373 e. The minimum atomic E-state index is -2.40. The predicted molar refractivity (Wildman–Crippen MR) is 65.2 cm³/mol. The number of ether oxygens (including phenoxy) is 1. The monoisotopic (exact) mass is 259 g/mol. The molecular weight excluding hydrogens is 238 g/mol. The number of hydrogen-bond acceptors (Lipinski definition) is 5. The van der Waals surface area contributed by atoms with E-state index in [1.807, 2.05) is 0 Å². The van der Waals surface area contributed by atoms with Crippen molar-refractivity contribution in [2.24, 2.45) is 11.3 Å². The van der Waals surface area contributed by atoms with Gasteiger partial charge in [-0.2, -0.15) is 5.26 Å². The molecule has 0 saturated heterocycles. The molecule has 0 rings (SSSR count). The third kappa shape index (κ3) is 4.46. The molecule has 1 atom stereocenters. The smallest absolute Gasteiger partial charge is 0.373 e. The summed E-state index contributed by atoms with van der Waals surface area (Å²) in [6.07, 6.45) is 0.130. The fourth-order valence-corrected chi connectivity index (χ4v) is 1.73. The summed E-state index contributed by atoms with van der Waals surface area (Å²) in [6, 6.07) is 2.10. The Morgan fingerprint density at radius 3 is 2.24 bits per heavy atom. The van der Waals surface area contributed by atoms with Gasteiger partial charge >= 0.3 is 14.5 Å². The minimum absolute atomic E-state index is 0.130. The molecule has 0 aromatic carbocycles. The van der Waals surface area contributed by atoms with Gasteiger partial charge in [-0.3, -0.25) is 4.79 Å². The highest BCUT2D eigenvalue weighted by atomic mass is 28.4. The molecule has 6 heteroatoms. The zero-order valence-electron chi connectivity index (χ0n) is 11.4. The molecule has 0 aromatic heterocycles. The van der Waals surface area contributed by atoms with Gasteiger partial charge in [0.05, 0.1) is 17.4 Å². The number of hydrogen-bond donors (Lipinski definition) is 0. The molecule has 0 saturated carbocycles. The summed E-state index contributed by atoms with van der Waals surface area (Å²) in [6.45, 7) is 6.91. The van der Waals surface area contributed by atoms with Crippen molar-refractivity contribution in [2.45, 2.75) is 27.3 Å². The van der Waals surface area contributed by atoms with Gasteiger partial charge in [0.15, 0.2) is 0 Å². The van der Waals surface area contributed by atoms with E-state index in [4.69, 9.17) is 18.9 Å². The molecule has 0 fully saturated rings. The summed E-state index contributed by atoms with van der Waals surface area (Å²) in [5.41, 5.74) is -0.741. The molecule has 0 radical (unpaired) electrons. The average Bonchev–Trinajstić information content (AvgIpc) is 2.34. The Hall–Kier alpha value is -0.903. The number of carbonyl (C=O) groups excluding carboxylic acids is 1. The third-order valence-electron chi connectivity index (χ3n) is 3.06. The van der Waals surface area contributed by atoms with E-state index in [1.165, 1.54) is 14.2 Å². The Morgan fingerprint density at radius 1 is 1.41 bits per heavy atom. The maximum absolute atomic E-state index is 11.8. The number of nitriles is 1. The first-order valence-corrected chi connectivity index (χ1v) is 7.93. The van der Waals surface area contributed by atoms with Crippen molar-refractivity contribution in [3.05, 3.63) is 0 Å². The van der Waals surface area contributed by atoms with Crippen LogP contribution in [0.25, 0.3) is 0 Å². The summed E-state index contributed by atoms with van der Waals surface area (Å²) in [4.78, 5) is 11.8. The number of carbonyl (C=O) groups is 1. The number of esters is 1. The lowest BCUT2D eigenvalue weighted by Crippen LogP contribution is -2.44. The maximum atomic E-state index is 11.8. The van der Waals surface area contributed by atoms with Crippen LogP contribution in [-0.2, 0) is 18.4 Å². The first-order chi connectivity index (χ1) is 7.72. The third-order valence-corrected chi connectivity index (χ3v) is 5.46. The zero-order chi connectivity index (χ0) is 13.7. The average molecular weight is 259 g/mol. The second-order valence-corrected chi connectivity index (χ2v) is 8.08. The summed E-state index contributed by atoms with van der Waals surface area (Å²) in [5.74, 6) is -0.885. The highest BCUT2D eigenvalue weighted by Crippen LogP contribution is 2.26. The molecule has 0 spiro atoms. The van der Waals surface area contributed by atoms with Crippen LogP contribution in [0.1, 0.15) is 20.8 Å². The first kappa shape index (κ1) is 16.1. The van der Waals surface area contributed by atoms with Gasteiger partial charge in [-0.15, -0.1) is 0 Å². The van der Waals surface area contributed by atoms with E-state index in [9.17, 15) is 4.79 Å². The second-order valence-electron chi connectivity index (χ2n) is 4.70. The molecule has 0 aliphatic carbocycles. The van der Waals surface area contributed by atoms with Gasteiger partial charge in [-0.1, -0.05) is 6.92 Å². The van der Waals surface area contributed by atoms with Crippen LogP contribution in [0.5, 0.6) is 0 Å². The Bertz CT molecular complexity index is 307. The molecule has 0 bridgehead atoms. The lowest BCUT2D eigenvalue weighted by molar-refractivity contribution is -0.149. The van der Waals surface area contributed by atoms with Crippen LogP contribution in [0.2, 0.25) is 6.55 Å². The number of nitrogens with zero attached hydrogens (tertiary/aromatic N) is 1. The summed E-state index contributed by atoms with van der Waals surface area (Å²) < 4.78 is 15.6. The van der Waals surface area contributed by atoms with Crippen molar-refractivity contribution in [1.29, 1.82) is 5.26 Å². The van der Waals surface area contributed by atoms with Gasteiger partial charge in [0.25, 0.3) is 0 Å². The highest BCUT2D eigenvalue weighted by molar-refractivity contribution is 6.65. The lowest BCUT2D eigenvalue weighted by Gasteiger charge is -2.26. The standard InChI is InChI=1S/C11H21NO4Si/c1-9(11(2,3)7-12)10(13)16-8-17(6,14-4)15-5/h9H,8H2,1-6H3. The molecule has 0 aliphatic rings. The fourth-order valence-electron chi connectivity index (χ4n) is 0.920. The summed E-state index contributed by atoms with van der Waals surface area (Å²) >= 11 is 0. The summed E-state index contributed by atoms with van der Waals surface area (Å²) in [5, 5.41) is 8.94. The molecule has 0 N–H and O–H groups in total. The van der Waals surface area contributed by atoms with Crippen LogP contribution in [0.3, 0.4) is 0 Å². The van der Waals surface area contributed by atoms with Crippen molar-refractivity contribution < 1.29 is 18.4 Å². The Labute approximate surface area is 104 Å². The SMILES string of the molecule is CO[Si](C)(COC(=O)C(C)C(C)(C)C#N)OC. The second kappa shape index (κ2) is 6.14. The van der Waals surface area contributed by atoms with Crippen LogP contribution >= 0.6 is 0 Å². The van der Waals surface area contributed by atoms with Crippen molar-refractivity contribution in [3.63, 3.8) is 0 Å². The largest absolute Gasteiger partial charge is 0.464 e. The topological polar surface area (TPSA) is 68.5 Å². The zero-order valence-corrected chi connectivity index (χ0v) is 12.4. The highest BCUT2D eigenvalue weighted by Gasteiger charge is 2.36. The first-order valence-electron chi connectivity index (χ1n) is 5.40. The van der Waals surface area contributed by atoms with Crippen LogP contribution in [0.4, 0.5) is 0 Å². The Kier molecular flexibility index (Phi) is 5.82. The van der Waals surface area contributed by atoms with Gasteiger partial charge in [0.1, 0.15) is 6.23 Å². The molecule has 0 heterocycles. The summed E-state index contributed by atoms with van der Waals surface area (Å²) in [7, 11) is 0.667. The number of rotatable bonds is 6. The van der Waals surface area contributed by atoms with Gasteiger partial charge < -0.3 is 13.6 Å². The molecule has 1 unspecified atom stereocenters. The van der Waals surface area contributed by atoms with Crippen molar-refractivity contribution in [2.75, 3.05) is 20.4 Å². The molecule has 98 valence electrons. The molecule has 5 nitrogen and oxygen atoms in total. The molecule has 0 amide bonds. The van der Waals surface area contributed by atoms with E-state index in [0.29, 0.717) is 0 Å². The van der Waals surface area contributed by atoms with Crippen molar-refractivity contribution in [3.8, 4) is 6.07 Å². The normalized spacial score (nSPS) is 13.9. The Morgan fingerprint density at radius 2 is 1.88 bits per heavy atom. The van der Waals surface area contributed by atoms with E-state index in [1.54, 1.807) is 27.3 Å². The molecule has 0 aliphatic heterocycles. The molecule has 17 heavy (non-hydrogen) atoms. The van der Waals surface area contributed by atoms with Gasteiger partial charge in [-0.25, -0.2) is 0 Å². The minimum Gasteiger partial charge on any atom is -0.464 e. The van der Waals surface area contributed by atoms with E-state index < -0.39 is 25.9 Å². The van der Waals surface area contributed by atoms with Crippen LogP contribution in [0.15, 0.2) is 0 Å². The quantitative estimate of drug-likeness (QED) is 0.535. The van der Waals surface area contributed by atoms with Gasteiger partial charge in [-0.05, 0) is 20.4 Å². The fraction of sp³-hybridized carbons (Fsp3) is 0.818. The van der Waals surface area contributed by atoms with Crippen LogP contribution < -0.4 is 0 Å². The molecular formula is C11H21NO4Si. The van der Waals surface area contributed by atoms with E-state index in [2.05, 4.69) is 6.07 Å². The van der Waals surface area contributed by atoms with Gasteiger partial charge in [0.2, 0.25) is 0 Å². The van der Waals surface area contributed by atoms with E-state index >= 15 is 0 Å².